The van der Waals surface area contributed by atoms with Gasteiger partial charge in [-0.05, 0) is 80.6 Å². The highest BCUT2D eigenvalue weighted by Crippen LogP contribution is 2.29. The maximum Gasteiger partial charge on any atom is 0.255 e. The number of anilines is 2. The Morgan fingerprint density at radius 2 is 1.65 bits per heavy atom. The molecule has 0 aromatic heterocycles. The first-order valence-corrected chi connectivity index (χ1v) is 14.2. The van der Waals surface area contributed by atoms with Crippen LogP contribution in [0, 0.1) is 5.92 Å². The summed E-state index contributed by atoms with van der Waals surface area (Å²) in [7, 11) is 0. The van der Waals surface area contributed by atoms with E-state index in [4.69, 9.17) is 0 Å². The predicted octanol–water partition coefficient (Wildman–Crippen LogP) is 5.98. The fourth-order valence-corrected chi connectivity index (χ4v) is 4.89. The van der Waals surface area contributed by atoms with E-state index in [1.807, 2.05) is 42.5 Å². The minimum Gasteiger partial charge on any atom is -0.371 e. The predicted molar refractivity (Wildman–Crippen MR) is 155 cm³/mol. The minimum atomic E-state index is -0.160. The minimum absolute atomic E-state index is 0.0895. The summed E-state index contributed by atoms with van der Waals surface area (Å²) in [5.41, 5.74) is 4.09. The van der Waals surface area contributed by atoms with Crippen LogP contribution < -0.4 is 15.5 Å². The number of unbranched alkanes of at least 4 members (excludes halogenated alkanes) is 2. The van der Waals surface area contributed by atoms with Crippen LogP contribution >= 0.6 is 0 Å². The molecule has 0 spiro atoms. The molecule has 2 amide bonds. The highest BCUT2D eigenvalue weighted by molar-refractivity contribution is 6.06. The topological polar surface area (TPSA) is 64.7 Å². The second kappa shape index (κ2) is 14.8. The first-order valence-electron chi connectivity index (χ1n) is 14.2. The fourth-order valence-electron chi connectivity index (χ4n) is 4.89. The van der Waals surface area contributed by atoms with Gasteiger partial charge >= 0.3 is 0 Å². The Kier molecular flexibility index (Phi) is 11.5. The Bertz CT molecular complexity index is 993. The smallest absolute Gasteiger partial charge is 0.255 e. The zero-order chi connectivity index (χ0) is 26.6. The number of nitrogens with zero attached hydrogens (tertiary/aromatic N) is 2. The van der Waals surface area contributed by atoms with Crippen LogP contribution in [-0.2, 0) is 6.42 Å². The number of likely N-dealkylation sites (N-methyl/N-ethyl adjacent to an activating group) is 1. The van der Waals surface area contributed by atoms with Gasteiger partial charge in [-0.1, -0.05) is 52.7 Å². The Morgan fingerprint density at radius 3 is 2.30 bits per heavy atom. The molecule has 0 saturated carbocycles. The number of benzene rings is 2. The molecule has 6 nitrogen and oxygen atoms in total. The maximum atomic E-state index is 13.3. The van der Waals surface area contributed by atoms with E-state index >= 15 is 0 Å². The molecule has 6 heteroatoms. The SMILES string of the molecule is CCCCCc1ccc(C(=O)Nc2ccc(N3CCC(C)CC3)c(C(=O)NCCN(CC)CC)c2)cc1. The summed E-state index contributed by atoms with van der Waals surface area (Å²) < 4.78 is 0. The van der Waals surface area contributed by atoms with Gasteiger partial charge in [0.1, 0.15) is 0 Å². The van der Waals surface area contributed by atoms with Crippen LogP contribution in [0.2, 0.25) is 0 Å². The van der Waals surface area contributed by atoms with E-state index in [2.05, 4.69) is 48.1 Å². The average Bonchev–Trinajstić information content (AvgIpc) is 2.92. The van der Waals surface area contributed by atoms with Crippen LogP contribution in [0.25, 0.3) is 0 Å². The zero-order valence-corrected chi connectivity index (χ0v) is 23.3. The van der Waals surface area contributed by atoms with E-state index in [-0.39, 0.29) is 11.8 Å². The molecule has 0 unspecified atom stereocenters. The summed E-state index contributed by atoms with van der Waals surface area (Å²) in [6.45, 7) is 14.0. The van der Waals surface area contributed by atoms with Crippen molar-refractivity contribution in [1.82, 2.24) is 10.2 Å². The van der Waals surface area contributed by atoms with Crippen LogP contribution in [0.4, 0.5) is 11.4 Å². The molecule has 1 fully saturated rings. The standard InChI is InChI=1S/C31H46N4O2/c1-5-8-9-10-25-11-13-26(14-12-25)30(36)33-27-15-16-29(35-20-17-24(4)18-21-35)28(23-27)31(37)32-19-22-34(6-2)7-3/h11-16,23-24H,5-10,17-22H2,1-4H3,(H,32,37)(H,33,36). The van der Waals surface area contributed by atoms with Crippen molar-refractivity contribution in [3.05, 3.63) is 59.2 Å². The first-order chi connectivity index (χ1) is 17.9. The van der Waals surface area contributed by atoms with E-state index in [1.54, 1.807) is 0 Å². The van der Waals surface area contributed by atoms with Crippen LogP contribution in [-0.4, -0.2) is 56.0 Å². The van der Waals surface area contributed by atoms with Crippen molar-refractivity contribution in [3.63, 3.8) is 0 Å². The van der Waals surface area contributed by atoms with Crippen LogP contribution in [0.1, 0.15) is 86.1 Å². The normalized spacial score (nSPS) is 14.1. The quantitative estimate of drug-likeness (QED) is 0.328. The van der Waals surface area contributed by atoms with Crippen molar-refractivity contribution in [1.29, 1.82) is 0 Å². The number of amides is 2. The van der Waals surface area contributed by atoms with E-state index in [1.165, 1.54) is 24.8 Å². The van der Waals surface area contributed by atoms with Crippen LogP contribution in [0.15, 0.2) is 42.5 Å². The van der Waals surface area contributed by atoms with E-state index < -0.39 is 0 Å². The molecule has 1 aliphatic rings. The molecule has 2 N–H and O–H groups in total. The number of aryl methyl sites for hydroxylation is 1. The molecule has 1 heterocycles. The molecule has 3 rings (SSSR count). The molecular weight excluding hydrogens is 460 g/mol. The molecule has 1 saturated heterocycles. The summed E-state index contributed by atoms with van der Waals surface area (Å²) in [5, 5.41) is 6.12. The van der Waals surface area contributed by atoms with Crippen LogP contribution in [0.3, 0.4) is 0 Å². The molecule has 0 radical (unpaired) electrons. The van der Waals surface area contributed by atoms with Gasteiger partial charge in [-0.3, -0.25) is 9.59 Å². The van der Waals surface area contributed by atoms with E-state index in [9.17, 15) is 9.59 Å². The molecule has 37 heavy (non-hydrogen) atoms. The van der Waals surface area contributed by atoms with Crippen molar-refractivity contribution >= 4 is 23.2 Å². The van der Waals surface area contributed by atoms with Gasteiger partial charge in [0.25, 0.3) is 11.8 Å². The highest BCUT2D eigenvalue weighted by atomic mass is 16.2. The maximum absolute atomic E-state index is 13.3. The Labute approximate surface area is 223 Å². The van der Waals surface area contributed by atoms with Crippen molar-refractivity contribution in [2.75, 3.05) is 49.5 Å². The van der Waals surface area contributed by atoms with E-state index in [0.29, 0.717) is 29.3 Å². The molecule has 2 aromatic rings. The summed E-state index contributed by atoms with van der Waals surface area (Å²) >= 11 is 0. The number of piperidine rings is 1. The first kappa shape index (κ1) is 28.7. The van der Waals surface area contributed by atoms with Crippen molar-refractivity contribution < 1.29 is 9.59 Å². The highest BCUT2D eigenvalue weighted by Gasteiger charge is 2.22. The number of nitrogens with one attached hydrogen (secondary N) is 2. The Morgan fingerprint density at radius 1 is 0.946 bits per heavy atom. The second-order valence-corrected chi connectivity index (χ2v) is 10.3. The molecule has 202 valence electrons. The number of hydrogen-bond donors (Lipinski definition) is 2. The molecule has 2 aromatic carbocycles. The van der Waals surface area contributed by atoms with Gasteiger partial charge in [-0.25, -0.2) is 0 Å². The summed E-state index contributed by atoms with van der Waals surface area (Å²) in [6, 6.07) is 13.6. The molecule has 1 aliphatic heterocycles. The third kappa shape index (κ3) is 8.60. The number of carbonyl (C=O) groups excluding carboxylic acids is 2. The molecular formula is C31H46N4O2. The van der Waals surface area contributed by atoms with Crippen molar-refractivity contribution in [2.24, 2.45) is 5.92 Å². The molecule has 0 aliphatic carbocycles. The van der Waals surface area contributed by atoms with Gasteiger partial charge in [0.05, 0.1) is 5.56 Å². The molecule has 0 bridgehead atoms. The fraction of sp³-hybridized carbons (Fsp3) is 0.548. The lowest BCUT2D eigenvalue weighted by atomic mass is 9.97. The van der Waals surface area contributed by atoms with Gasteiger partial charge in [0, 0.05) is 43.1 Å². The Balaban J connectivity index is 1.73. The number of rotatable bonds is 13. The van der Waals surface area contributed by atoms with Gasteiger partial charge < -0.3 is 20.4 Å². The van der Waals surface area contributed by atoms with Gasteiger partial charge in [-0.2, -0.15) is 0 Å². The summed E-state index contributed by atoms with van der Waals surface area (Å²) in [6.07, 6.45) is 6.88. The summed E-state index contributed by atoms with van der Waals surface area (Å²) in [5.74, 6) is 0.458. The largest absolute Gasteiger partial charge is 0.371 e. The third-order valence-corrected chi connectivity index (χ3v) is 7.52. The van der Waals surface area contributed by atoms with Gasteiger partial charge in [0.2, 0.25) is 0 Å². The number of hydrogen-bond acceptors (Lipinski definition) is 4. The van der Waals surface area contributed by atoms with Crippen molar-refractivity contribution in [2.45, 2.75) is 66.2 Å². The Hall–Kier alpha value is -2.86. The van der Waals surface area contributed by atoms with Crippen LogP contribution in [0.5, 0.6) is 0 Å². The lowest BCUT2D eigenvalue weighted by Gasteiger charge is -2.33. The average molecular weight is 507 g/mol. The van der Waals surface area contributed by atoms with Gasteiger partial charge in [-0.15, -0.1) is 0 Å². The lowest BCUT2D eigenvalue weighted by molar-refractivity contribution is 0.0948. The summed E-state index contributed by atoms with van der Waals surface area (Å²) in [4.78, 5) is 30.9. The second-order valence-electron chi connectivity index (χ2n) is 10.3. The van der Waals surface area contributed by atoms with Gasteiger partial charge in [0.15, 0.2) is 0 Å². The lowest BCUT2D eigenvalue weighted by Crippen LogP contribution is -2.37. The van der Waals surface area contributed by atoms with Crippen molar-refractivity contribution in [3.8, 4) is 0 Å². The third-order valence-electron chi connectivity index (χ3n) is 7.52. The monoisotopic (exact) mass is 506 g/mol. The molecule has 0 atom stereocenters. The zero-order valence-electron chi connectivity index (χ0n) is 23.3. The van der Waals surface area contributed by atoms with E-state index in [0.717, 1.165) is 57.7 Å². The number of carbonyl (C=O) groups is 2.